The first-order valence-corrected chi connectivity index (χ1v) is 7.38. The highest BCUT2D eigenvalue weighted by Crippen LogP contribution is 2.20. The van der Waals surface area contributed by atoms with Crippen molar-refractivity contribution in [3.8, 4) is 0 Å². The summed E-state index contributed by atoms with van der Waals surface area (Å²) in [6, 6.07) is 6.51. The molecule has 19 heavy (non-hydrogen) atoms. The first-order chi connectivity index (χ1) is 9.15. The number of rotatable bonds is 2. The maximum atomic E-state index is 6.18. The van der Waals surface area contributed by atoms with Crippen molar-refractivity contribution in [2.75, 3.05) is 11.2 Å². The van der Waals surface area contributed by atoms with Crippen LogP contribution in [-0.4, -0.2) is 11.1 Å². The molecular weight excluding hydrogens is 306 g/mol. The summed E-state index contributed by atoms with van der Waals surface area (Å²) < 4.78 is 4.52. The molecule has 1 aromatic heterocycles. The Balaban J connectivity index is 2.05. The second-order valence-electron chi connectivity index (χ2n) is 5.08. The van der Waals surface area contributed by atoms with E-state index >= 15 is 0 Å². The average molecular weight is 324 g/mol. The van der Waals surface area contributed by atoms with E-state index < -0.39 is 0 Å². The van der Waals surface area contributed by atoms with Gasteiger partial charge in [-0.25, -0.2) is 0 Å². The first-order valence-electron chi connectivity index (χ1n) is 6.58. The molecule has 0 unspecified atom stereocenters. The van der Waals surface area contributed by atoms with Gasteiger partial charge in [-0.15, -0.1) is 4.68 Å². The molecule has 5 nitrogen and oxygen atoms in total. The number of nitrogens with two attached hydrogens (primary N) is 1. The van der Waals surface area contributed by atoms with E-state index in [1.165, 1.54) is 25.7 Å². The minimum Gasteiger partial charge on any atom is -0.288 e. The Hall–Kier alpha value is -1.43. The van der Waals surface area contributed by atoms with Gasteiger partial charge in [-0.05, 0) is 42.5 Å². The molecule has 0 radical (unpaired) electrons. The second kappa shape index (κ2) is 4.92. The van der Waals surface area contributed by atoms with Gasteiger partial charge in [-0.3, -0.25) is 11.2 Å². The molecule has 1 aromatic carbocycles. The number of hydrogen-bond acceptors (Lipinski definition) is 3. The van der Waals surface area contributed by atoms with Crippen LogP contribution in [0.1, 0.15) is 25.7 Å². The minimum absolute atomic E-state index is 0.496. The highest BCUT2D eigenvalue weighted by molar-refractivity contribution is 9.10. The quantitative estimate of drug-likeness (QED) is 0.644. The van der Waals surface area contributed by atoms with E-state index in [1.807, 2.05) is 29.9 Å². The highest BCUT2D eigenvalue weighted by atomic mass is 79.9. The monoisotopic (exact) mass is 323 g/mol. The van der Waals surface area contributed by atoms with Crippen LogP contribution >= 0.6 is 15.9 Å². The molecule has 1 fully saturated rings. The van der Waals surface area contributed by atoms with Gasteiger partial charge in [0.05, 0.1) is 6.04 Å². The predicted molar refractivity (Wildman–Crippen MR) is 76.8 cm³/mol. The van der Waals surface area contributed by atoms with E-state index in [0.29, 0.717) is 6.04 Å². The number of aromatic nitrogens is 3. The van der Waals surface area contributed by atoms with E-state index in [0.717, 1.165) is 21.5 Å². The normalized spacial score (nSPS) is 16.1. The predicted octanol–water partition coefficient (Wildman–Crippen LogP) is 1.18. The van der Waals surface area contributed by atoms with Crippen LogP contribution < -0.4 is 20.5 Å². The lowest BCUT2D eigenvalue weighted by atomic mass is 10.2. The number of fused-ring (bicyclic) bond motifs is 1. The van der Waals surface area contributed by atoms with Crippen molar-refractivity contribution in [3.05, 3.63) is 22.7 Å². The Bertz CT molecular complexity index is 622. The maximum Gasteiger partial charge on any atom is 0.480 e. The van der Waals surface area contributed by atoms with Crippen LogP contribution in [0.3, 0.4) is 0 Å². The summed E-state index contributed by atoms with van der Waals surface area (Å²) in [7, 11) is 1.94. The third-order valence-electron chi connectivity index (χ3n) is 3.71. The van der Waals surface area contributed by atoms with E-state index in [4.69, 9.17) is 5.84 Å². The molecule has 1 aliphatic carbocycles. The maximum absolute atomic E-state index is 6.18. The number of aryl methyl sites for hydroxylation is 1. The molecule has 0 spiro atoms. The summed E-state index contributed by atoms with van der Waals surface area (Å²) in [6.45, 7) is 0. The zero-order chi connectivity index (χ0) is 13.4. The number of nitrogens with zero attached hydrogens (tertiary/aromatic N) is 3. The van der Waals surface area contributed by atoms with Gasteiger partial charge in [0, 0.05) is 10.5 Å². The summed E-state index contributed by atoms with van der Waals surface area (Å²) in [5, 5.41) is 7.98. The van der Waals surface area contributed by atoms with Crippen LogP contribution in [0.15, 0.2) is 22.7 Å². The fourth-order valence-electron chi connectivity index (χ4n) is 2.67. The van der Waals surface area contributed by atoms with Crippen LogP contribution in [0.2, 0.25) is 0 Å². The molecule has 2 aromatic rings. The van der Waals surface area contributed by atoms with Gasteiger partial charge in [0.2, 0.25) is 5.52 Å². The van der Waals surface area contributed by atoms with Crippen molar-refractivity contribution in [3.63, 3.8) is 0 Å². The van der Waals surface area contributed by atoms with Crippen molar-refractivity contribution < 1.29 is 9.36 Å². The van der Waals surface area contributed by atoms with Gasteiger partial charge in [-0.1, -0.05) is 15.9 Å². The van der Waals surface area contributed by atoms with Crippen LogP contribution in [0.5, 0.6) is 0 Å². The zero-order valence-electron chi connectivity index (χ0n) is 10.9. The Labute approximate surface area is 120 Å². The molecule has 6 heteroatoms. The summed E-state index contributed by atoms with van der Waals surface area (Å²) in [4.78, 5) is 0. The van der Waals surface area contributed by atoms with Gasteiger partial charge >= 0.3 is 5.95 Å². The fourth-order valence-corrected chi connectivity index (χ4v) is 3.02. The summed E-state index contributed by atoms with van der Waals surface area (Å²) in [6.07, 6.45) is 4.97. The Morgan fingerprint density at radius 1 is 1.32 bits per heavy atom. The molecule has 1 saturated carbocycles. The van der Waals surface area contributed by atoms with Gasteiger partial charge in [0.1, 0.15) is 0 Å². The number of nitrogens with one attached hydrogen (secondary N) is 1. The number of benzene rings is 1. The zero-order valence-corrected chi connectivity index (χ0v) is 12.5. The lowest BCUT2D eigenvalue weighted by molar-refractivity contribution is -0.727. The number of nitrogen functional groups attached to an aromatic ring is 1. The van der Waals surface area contributed by atoms with Crippen molar-refractivity contribution in [2.45, 2.75) is 31.7 Å². The molecule has 3 N–H and O–H groups in total. The van der Waals surface area contributed by atoms with Gasteiger partial charge in [0.25, 0.3) is 5.52 Å². The molecule has 0 atom stereocenters. The van der Waals surface area contributed by atoms with E-state index in [-0.39, 0.29) is 0 Å². The topological polar surface area (TPSA) is 58.7 Å². The lowest BCUT2D eigenvalue weighted by Crippen LogP contribution is -2.54. The van der Waals surface area contributed by atoms with Gasteiger partial charge in [-0.2, -0.15) is 0 Å². The van der Waals surface area contributed by atoms with Crippen LogP contribution in [-0.2, 0) is 7.05 Å². The standard InChI is InChI=1S/C13H17BrN5/c1-18-12-8-9(14)6-7-11(12)19(15)13(17-18)16-10-4-2-3-5-10/h6-8,10H,2-5,15H2,1H3/q+1/p+1. The first kappa shape index (κ1) is 12.6. The number of hydrogen-bond donors (Lipinski definition) is 2. The van der Waals surface area contributed by atoms with Crippen molar-refractivity contribution in [2.24, 2.45) is 7.05 Å². The average Bonchev–Trinajstić information content (AvgIpc) is 2.88. The lowest BCUT2D eigenvalue weighted by Gasteiger charge is -2.07. The molecular formula is C13H18BrN5+2. The smallest absolute Gasteiger partial charge is 0.288 e. The minimum atomic E-state index is 0.496. The molecule has 0 saturated heterocycles. The molecule has 0 amide bonds. The van der Waals surface area contributed by atoms with Crippen LogP contribution in [0.25, 0.3) is 11.0 Å². The third-order valence-corrected chi connectivity index (χ3v) is 4.20. The molecule has 100 valence electrons. The van der Waals surface area contributed by atoms with Crippen LogP contribution in [0, 0.1) is 0 Å². The Morgan fingerprint density at radius 3 is 2.79 bits per heavy atom. The summed E-state index contributed by atoms with van der Waals surface area (Å²) in [5.74, 6) is 6.91. The Morgan fingerprint density at radius 2 is 2.05 bits per heavy atom. The van der Waals surface area contributed by atoms with Gasteiger partial charge in [0.15, 0.2) is 12.1 Å². The molecule has 1 aliphatic rings. The fraction of sp³-hybridized carbons (Fsp3) is 0.462. The van der Waals surface area contributed by atoms with E-state index in [2.05, 4.69) is 26.3 Å². The Kier molecular flexibility index (Phi) is 3.26. The van der Waals surface area contributed by atoms with Crippen molar-refractivity contribution in [1.82, 2.24) is 5.10 Å². The van der Waals surface area contributed by atoms with E-state index in [1.54, 1.807) is 4.68 Å². The van der Waals surface area contributed by atoms with Gasteiger partial charge < -0.3 is 0 Å². The van der Waals surface area contributed by atoms with E-state index in [9.17, 15) is 0 Å². The highest BCUT2D eigenvalue weighted by Gasteiger charge is 2.27. The SMILES string of the molecule is C[n+]1nc(NC2CCCC2)[n+](N)c2ccc(Br)cc21. The van der Waals surface area contributed by atoms with Crippen molar-refractivity contribution in [1.29, 1.82) is 0 Å². The largest absolute Gasteiger partial charge is 0.480 e. The third kappa shape index (κ3) is 2.36. The molecule has 3 rings (SSSR count). The van der Waals surface area contributed by atoms with Crippen LogP contribution in [0.4, 0.5) is 5.95 Å². The molecule has 0 bridgehead atoms. The summed E-state index contributed by atoms with van der Waals surface area (Å²) in [5.41, 5.74) is 1.95. The number of anilines is 1. The molecule has 0 aliphatic heterocycles. The second-order valence-corrected chi connectivity index (χ2v) is 5.99. The summed E-state index contributed by atoms with van der Waals surface area (Å²) >= 11 is 3.47. The van der Waals surface area contributed by atoms with Crippen molar-refractivity contribution >= 4 is 32.9 Å². The molecule has 1 heterocycles. The number of halogens is 1.